The predicted molar refractivity (Wildman–Crippen MR) is 83.2 cm³/mol. The maximum absolute atomic E-state index is 13.1. The molecular formula is C15H19N3O3S. The summed E-state index contributed by atoms with van der Waals surface area (Å²) in [5, 5.41) is 0. The van der Waals surface area contributed by atoms with Crippen LogP contribution in [0.1, 0.15) is 38.5 Å². The molecule has 2 aliphatic carbocycles. The van der Waals surface area contributed by atoms with Crippen LogP contribution in [0.4, 0.5) is 0 Å². The van der Waals surface area contributed by atoms with Crippen molar-refractivity contribution in [2.45, 2.75) is 55.5 Å². The Morgan fingerprint density at radius 3 is 2.27 bits per heavy atom. The molecule has 2 aliphatic rings. The summed E-state index contributed by atoms with van der Waals surface area (Å²) in [6, 6.07) is 5.10. The van der Waals surface area contributed by atoms with Gasteiger partial charge in [0.25, 0.3) is 0 Å². The molecule has 2 saturated carbocycles. The van der Waals surface area contributed by atoms with Crippen molar-refractivity contribution in [3.05, 3.63) is 28.7 Å². The largest absolute Gasteiger partial charge is 0.323 e. The van der Waals surface area contributed by atoms with Gasteiger partial charge in [0.2, 0.25) is 10.0 Å². The number of hydrogen-bond acceptors (Lipinski definition) is 3. The van der Waals surface area contributed by atoms with Gasteiger partial charge < -0.3 is 9.97 Å². The third kappa shape index (κ3) is 2.28. The molecule has 2 fully saturated rings. The van der Waals surface area contributed by atoms with Gasteiger partial charge in [0.15, 0.2) is 0 Å². The summed E-state index contributed by atoms with van der Waals surface area (Å²) >= 11 is 0. The standard InChI is InChI=1S/C15H19N3O3S/c19-15-16-13-8-7-12(9-14(13)17-15)22(20,21)18(11-5-6-11)10-3-1-2-4-10/h7-11H,1-6H2,(H2,16,17,19). The van der Waals surface area contributed by atoms with E-state index in [0.29, 0.717) is 11.0 Å². The molecule has 7 heteroatoms. The first-order valence-corrected chi connectivity index (χ1v) is 9.25. The smallest absolute Gasteiger partial charge is 0.306 e. The molecule has 0 bridgehead atoms. The Bertz CT molecular complexity index is 858. The Morgan fingerprint density at radius 1 is 0.955 bits per heavy atom. The van der Waals surface area contributed by atoms with E-state index >= 15 is 0 Å². The minimum absolute atomic E-state index is 0.137. The van der Waals surface area contributed by atoms with E-state index in [-0.39, 0.29) is 22.7 Å². The highest BCUT2D eigenvalue weighted by atomic mass is 32.2. The highest BCUT2D eigenvalue weighted by Gasteiger charge is 2.43. The Balaban J connectivity index is 1.77. The lowest BCUT2D eigenvalue weighted by atomic mass is 10.2. The Kier molecular flexibility index (Phi) is 3.16. The minimum Gasteiger partial charge on any atom is -0.306 e. The third-order valence-electron chi connectivity index (χ3n) is 4.65. The van der Waals surface area contributed by atoms with E-state index < -0.39 is 10.0 Å². The summed E-state index contributed by atoms with van der Waals surface area (Å²) in [6.45, 7) is 0. The predicted octanol–water partition coefficient (Wildman–Crippen LogP) is 1.95. The van der Waals surface area contributed by atoms with Gasteiger partial charge in [0.1, 0.15) is 0 Å². The lowest BCUT2D eigenvalue weighted by Crippen LogP contribution is -2.40. The Labute approximate surface area is 128 Å². The van der Waals surface area contributed by atoms with Gasteiger partial charge in [0.05, 0.1) is 15.9 Å². The van der Waals surface area contributed by atoms with Gasteiger partial charge in [-0.2, -0.15) is 4.31 Å². The van der Waals surface area contributed by atoms with Gasteiger partial charge in [0, 0.05) is 12.1 Å². The molecule has 1 aromatic heterocycles. The summed E-state index contributed by atoms with van der Waals surface area (Å²) < 4.78 is 27.9. The first kappa shape index (κ1) is 14.0. The highest BCUT2D eigenvalue weighted by Crippen LogP contribution is 2.38. The molecule has 0 unspecified atom stereocenters. The minimum atomic E-state index is -3.51. The van der Waals surface area contributed by atoms with Crippen LogP contribution < -0.4 is 5.69 Å². The van der Waals surface area contributed by atoms with Crippen molar-refractivity contribution < 1.29 is 8.42 Å². The number of fused-ring (bicyclic) bond motifs is 1. The van der Waals surface area contributed by atoms with E-state index in [0.717, 1.165) is 38.5 Å². The lowest BCUT2D eigenvalue weighted by molar-refractivity contribution is 0.314. The quantitative estimate of drug-likeness (QED) is 0.902. The molecule has 6 nitrogen and oxygen atoms in total. The van der Waals surface area contributed by atoms with E-state index in [4.69, 9.17) is 0 Å². The second-order valence-electron chi connectivity index (χ2n) is 6.29. The van der Waals surface area contributed by atoms with Crippen molar-refractivity contribution in [1.82, 2.24) is 14.3 Å². The number of benzene rings is 1. The SMILES string of the molecule is O=c1[nH]c2ccc(S(=O)(=O)N(C3CCCC3)C3CC3)cc2[nH]1. The number of rotatable bonds is 4. The monoisotopic (exact) mass is 321 g/mol. The van der Waals surface area contributed by atoms with Crippen LogP contribution in [0, 0.1) is 0 Å². The highest BCUT2D eigenvalue weighted by molar-refractivity contribution is 7.89. The molecule has 4 rings (SSSR count). The van der Waals surface area contributed by atoms with Crippen molar-refractivity contribution in [1.29, 1.82) is 0 Å². The number of aromatic amines is 2. The van der Waals surface area contributed by atoms with Crippen LogP contribution in [0.15, 0.2) is 27.9 Å². The molecule has 0 atom stereocenters. The molecule has 2 N–H and O–H groups in total. The van der Waals surface area contributed by atoms with E-state index in [9.17, 15) is 13.2 Å². The Morgan fingerprint density at radius 2 is 1.59 bits per heavy atom. The molecule has 0 saturated heterocycles. The van der Waals surface area contributed by atoms with E-state index in [1.807, 2.05) is 0 Å². The number of hydrogen-bond donors (Lipinski definition) is 2. The molecule has 1 heterocycles. The molecule has 1 aromatic carbocycles. The van der Waals surface area contributed by atoms with Gasteiger partial charge in [-0.3, -0.25) is 0 Å². The van der Waals surface area contributed by atoms with Crippen molar-refractivity contribution in [3.63, 3.8) is 0 Å². The number of H-pyrrole nitrogens is 2. The van der Waals surface area contributed by atoms with E-state index in [2.05, 4.69) is 9.97 Å². The number of nitrogens with zero attached hydrogens (tertiary/aromatic N) is 1. The van der Waals surface area contributed by atoms with Crippen LogP contribution in [0.5, 0.6) is 0 Å². The fraction of sp³-hybridized carbons (Fsp3) is 0.533. The third-order valence-corrected chi connectivity index (χ3v) is 6.66. The summed E-state index contributed by atoms with van der Waals surface area (Å²) in [7, 11) is -3.51. The number of sulfonamides is 1. The molecular weight excluding hydrogens is 302 g/mol. The molecule has 0 amide bonds. The van der Waals surface area contributed by atoms with Crippen LogP contribution >= 0.6 is 0 Å². The number of nitrogens with one attached hydrogen (secondary N) is 2. The van der Waals surface area contributed by atoms with Crippen molar-refractivity contribution in [2.75, 3.05) is 0 Å². The van der Waals surface area contributed by atoms with Crippen LogP contribution in [0.3, 0.4) is 0 Å². The maximum atomic E-state index is 13.1. The number of imidazole rings is 1. The van der Waals surface area contributed by atoms with Crippen LogP contribution in [-0.4, -0.2) is 34.8 Å². The van der Waals surface area contributed by atoms with E-state index in [1.165, 1.54) is 0 Å². The first-order valence-electron chi connectivity index (χ1n) is 7.81. The lowest BCUT2D eigenvalue weighted by Gasteiger charge is -2.28. The Hall–Kier alpha value is -1.60. The average molecular weight is 321 g/mol. The fourth-order valence-corrected chi connectivity index (χ4v) is 5.43. The van der Waals surface area contributed by atoms with Gasteiger partial charge in [-0.1, -0.05) is 12.8 Å². The van der Waals surface area contributed by atoms with Crippen LogP contribution in [0.2, 0.25) is 0 Å². The fourth-order valence-electron chi connectivity index (χ4n) is 3.47. The molecule has 118 valence electrons. The van der Waals surface area contributed by atoms with Gasteiger partial charge >= 0.3 is 5.69 Å². The second kappa shape index (κ2) is 4.96. The molecule has 2 aromatic rings. The van der Waals surface area contributed by atoms with E-state index in [1.54, 1.807) is 22.5 Å². The first-order chi connectivity index (χ1) is 10.6. The zero-order chi connectivity index (χ0) is 15.3. The van der Waals surface area contributed by atoms with Gasteiger partial charge in [-0.15, -0.1) is 0 Å². The van der Waals surface area contributed by atoms with Crippen LogP contribution in [0.25, 0.3) is 11.0 Å². The van der Waals surface area contributed by atoms with Gasteiger partial charge in [-0.25, -0.2) is 13.2 Å². The van der Waals surface area contributed by atoms with Crippen molar-refractivity contribution in [2.24, 2.45) is 0 Å². The summed E-state index contributed by atoms with van der Waals surface area (Å²) in [5.74, 6) is 0. The molecule has 0 spiro atoms. The number of aromatic nitrogens is 2. The average Bonchev–Trinajstić information content (AvgIpc) is 2.99. The van der Waals surface area contributed by atoms with Crippen molar-refractivity contribution in [3.8, 4) is 0 Å². The summed E-state index contributed by atoms with van der Waals surface area (Å²) in [6.07, 6.45) is 6.04. The maximum Gasteiger partial charge on any atom is 0.323 e. The zero-order valence-electron chi connectivity index (χ0n) is 12.2. The summed E-state index contributed by atoms with van der Waals surface area (Å²) in [4.78, 5) is 16.9. The molecule has 22 heavy (non-hydrogen) atoms. The molecule has 0 aliphatic heterocycles. The normalized spacial score (nSPS) is 20.2. The zero-order valence-corrected chi connectivity index (χ0v) is 13.0. The molecule has 0 radical (unpaired) electrons. The van der Waals surface area contributed by atoms with Gasteiger partial charge in [-0.05, 0) is 43.9 Å². The van der Waals surface area contributed by atoms with Crippen LogP contribution in [-0.2, 0) is 10.0 Å². The van der Waals surface area contributed by atoms with Crippen molar-refractivity contribution >= 4 is 21.1 Å². The second-order valence-corrected chi connectivity index (χ2v) is 8.13. The summed E-state index contributed by atoms with van der Waals surface area (Å²) in [5.41, 5.74) is 0.843. The topological polar surface area (TPSA) is 86.0 Å².